The molecule has 6 nitrogen and oxygen atoms in total. The fraction of sp³-hybridized carbons (Fsp3) is 0.368. The molecule has 2 aromatic rings. The summed E-state index contributed by atoms with van der Waals surface area (Å²) in [5, 5.41) is 13.3. The van der Waals surface area contributed by atoms with Crippen LogP contribution in [0.2, 0.25) is 0 Å². The van der Waals surface area contributed by atoms with Crippen molar-refractivity contribution in [1.82, 2.24) is 0 Å². The number of carbonyl (C=O) groups is 2. The molecule has 0 spiro atoms. The molecule has 1 amide bonds. The minimum Gasteiger partial charge on any atom is -0.481 e. The highest BCUT2D eigenvalue weighted by Crippen LogP contribution is 2.32. The number of hydrogen-bond acceptors (Lipinski definition) is 4. The second kappa shape index (κ2) is 7.53. The Kier molecular flexibility index (Phi) is 5.19. The molecule has 1 aliphatic rings. The second-order valence-electron chi connectivity index (χ2n) is 6.08. The van der Waals surface area contributed by atoms with Gasteiger partial charge >= 0.3 is 5.97 Å². The highest BCUT2D eigenvalue weighted by Gasteiger charge is 2.33. The summed E-state index contributed by atoms with van der Waals surface area (Å²) in [7, 11) is 0. The van der Waals surface area contributed by atoms with E-state index in [1.807, 2.05) is 24.3 Å². The lowest BCUT2D eigenvalue weighted by molar-refractivity contribution is -0.139. The smallest absolute Gasteiger partial charge is 0.341 e. The number of ether oxygens (including phenoxy) is 2. The van der Waals surface area contributed by atoms with Crippen molar-refractivity contribution in [2.24, 2.45) is 5.92 Å². The molecule has 6 heteroatoms. The van der Waals surface area contributed by atoms with E-state index in [0.29, 0.717) is 18.0 Å². The molecule has 2 atom stereocenters. The SMILES string of the molecule is CC[C@@H]1CCO[C@@H]1C(=O)Nc1ccc(OCC(=O)O)c2ccccc12. The van der Waals surface area contributed by atoms with E-state index in [1.165, 1.54) is 0 Å². The highest BCUT2D eigenvalue weighted by molar-refractivity contribution is 6.05. The first-order valence-corrected chi connectivity index (χ1v) is 8.39. The number of amides is 1. The molecule has 0 radical (unpaired) electrons. The standard InChI is InChI=1S/C19H21NO5/c1-2-12-9-10-24-18(12)19(23)20-15-7-8-16(25-11-17(21)22)14-6-4-3-5-13(14)15/h3-8,12,18H,2,9-11H2,1H3,(H,20,23)(H,21,22)/t12-,18+/m1/s1. The number of nitrogens with one attached hydrogen (secondary N) is 1. The second-order valence-corrected chi connectivity index (χ2v) is 6.08. The molecule has 132 valence electrons. The molecule has 1 fully saturated rings. The number of benzene rings is 2. The molecule has 2 N–H and O–H groups in total. The van der Waals surface area contributed by atoms with E-state index in [1.54, 1.807) is 12.1 Å². The van der Waals surface area contributed by atoms with Crippen LogP contribution in [-0.4, -0.2) is 36.3 Å². The lowest BCUT2D eigenvalue weighted by Gasteiger charge is -2.18. The maximum atomic E-state index is 12.6. The summed E-state index contributed by atoms with van der Waals surface area (Å²) in [6, 6.07) is 10.8. The predicted octanol–water partition coefficient (Wildman–Crippen LogP) is 3.06. The zero-order valence-electron chi connectivity index (χ0n) is 14.0. The van der Waals surface area contributed by atoms with Crippen molar-refractivity contribution in [1.29, 1.82) is 0 Å². The van der Waals surface area contributed by atoms with Crippen LogP contribution in [0.15, 0.2) is 36.4 Å². The quantitative estimate of drug-likeness (QED) is 0.842. The van der Waals surface area contributed by atoms with Crippen LogP contribution in [0.25, 0.3) is 10.8 Å². The lowest BCUT2D eigenvalue weighted by atomic mass is 9.98. The zero-order chi connectivity index (χ0) is 17.8. The molecule has 1 aliphatic heterocycles. The number of rotatable bonds is 6. The molecular formula is C19H21NO5. The van der Waals surface area contributed by atoms with Crippen molar-refractivity contribution in [3.05, 3.63) is 36.4 Å². The van der Waals surface area contributed by atoms with Crippen LogP contribution >= 0.6 is 0 Å². The van der Waals surface area contributed by atoms with Crippen LogP contribution in [0.1, 0.15) is 19.8 Å². The van der Waals surface area contributed by atoms with Crippen molar-refractivity contribution in [3.8, 4) is 5.75 Å². The Labute approximate surface area is 145 Å². The van der Waals surface area contributed by atoms with Gasteiger partial charge in [-0.3, -0.25) is 4.79 Å². The Morgan fingerprint density at radius 1 is 1.24 bits per heavy atom. The highest BCUT2D eigenvalue weighted by atomic mass is 16.5. The summed E-state index contributed by atoms with van der Waals surface area (Å²) in [6.07, 6.45) is 1.38. The molecule has 2 aromatic carbocycles. The van der Waals surface area contributed by atoms with Gasteiger partial charge in [-0.05, 0) is 24.5 Å². The Morgan fingerprint density at radius 3 is 2.72 bits per heavy atom. The van der Waals surface area contributed by atoms with E-state index in [9.17, 15) is 9.59 Å². The molecule has 0 saturated carbocycles. The van der Waals surface area contributed by atoms with E-state index in [4.69, 9.17) is 14.6 Å². The van der Waals surface area contributed by atoms with Crippen molar-refractivity contribution in [2.45, 2.75) is 25.9 Å². The van der Waals surface area contributed by atoms with Crippen LogP contribution in [0.4, 0.5) is 5.69 Å². The average Bonchev–Trinajstić information content (AvgIpc) is 3.09. The normalized spacial score (nSPS) is 19.7. The molecular weight excluding hydrogens is 322 g/mol. The van der Waals surface area contributed by atoms with Gasteiger partial charge in [-0.1, -0.05) is 37.6 Å². The minimum absolute atomic E-state index is 0.145. The van der Waals surface area contributed by atoms with Gasteiger partial charge in [-0.25, -0.2) is 4.79 Å². The summed E-state index contributed by atoms with van der Waals surface area (Å²) < 4.78 is 10.9. The van der Waals surface area contributed by atoms with Gasteiger partial charge in [-0.15, -0.1) is 0 Å². The molecule has 0 aliphatic carbocycles. The molecule has 1 heterocycles. The number of carboxylic acid groups (broad SMARTS) is 1. The van der Waals surface area contributed by atoms with Gasteiger partial charge in [0.1, 0.15) is 11.9 Å². The maximum Gasteiger partial charge on any atom is 0.341 e. The van der Waals surface area contributed by atoms with Gasteiger partial charge in [-0.2, -0.15) is 0 Å². The number of anilines is 1. The lowest BCUT2D eigenvalue weighted by Crippen LogP contribution is -2.32. The van der Waals surface area contributed by atoms with E-state index >= 15 is 0 Å². The Bertz CT molecular complexity index is 788. The van der Waals surface area contributed by atoms with E-state index in [0.717, 1.165) is 23.6 Å². The third-order valence-corrected chi connectivity index (χ3v) is 4.49. The molecule has 3 rings (SSSR count). The summed E-state index contributed by atoms with van der Waals surface area (Å²) in [4.78, 5) is 23.3. The number of carboxylic acids is 1. The van der Waals surface area contributed by atoms with Crippen LogP contribution in [0, 0.1) is 5.92 Å². The summed E-state index contributed by atoms with van der Waals surface area (Å²) in [5.41, 5.74) is 0.661. The minimum atomic E-state index is -1.04. The molecule has 0 aromatic heterocycles. The first-order chi connectivity index (χ1) is 12.1. The zero-order valence-corrected chi connectivity index (χ0v) is 14.0. The van der Waals surface area contributed by atoms with Crippen molar-refractivity contribution < 1.29 is 24.2 Å². The van der Waals surface area contributed by atoms with Gasteiger partial charge in [0.2, 0.25) is 0 Å². The number of aliphatic carboxylic acids is 1. The van der Waals surface area contributed by atoms with E-state index in [-0.39, 0.29) is 11.8 Å². The summed E-state index contributed by atoms with van der Waals surface area (Å²) >= 11 is 0. The number of fused-ring (bicyclic) bond motifs is 1. The molecule has 25 heavy (non-hydrogen) atoms. The van der Waals surface area contributed by atoms with Crippen LogP contribution < -0.4 is 10.1 Å². The van der Waals surface area contributed by atoms with Gasteiger partial charge in [0.25, 0.3) is 5.91 Å². The van der Waals surface area contributed by atoms with Gasteiger partial charge in [0.05, 0.1) is 0 Å². The van der Waals surface area contributed by atoms with Gasteiger partial charge < -0.3 is 19.9 Å². The summed E-state index contributed by atoms with van der Waals surface area (Å²) in [5.74, 6) is -0.469. The van der Waals surface area contributed by atoms with Gasteiger partial charge in [0, 0.05) is 23.1 Å². The van der Waals surface area contributed by atoms with E-state index in [2.05, 4.69) is 12.2 Å². The van der Waals surface area contributed by atoms with Crippen molar-refractivity contribution >= 4 is 28.3 Å². The maximum absolute atomic E-state index is 12.6. The Morgan fingerprint density at radius 2 is 2.00 bits per heavy atom. The monoisotopic (exact) mass is 343 g/mol. The van der Waals surface area contributed by atoms with Crippen LogP contribution in [-0.2, 0) is 14.3 Å². The first kappa shape index (κ1) is 17.2. The largest absolute Gasteiger partial charge is 0.481 e. The third-order valence-electron chi connectivity index (χ3n) is 4.49. The van der Waals surface area contributed by atoms with Crippen LogP contribution in [0.5, 0.6) is 5.75 Å². The Balaban J connectivity index is 1.86. The van der Waals surface area contributed by atoms with Crippen LogP contribution in [0.3, 0.4) is 0 Å². The number of carbonyl (C=O) groups excluding carboxylic acids is 1. The molecule has 1 saturated heterocycles. The summed E-state index contributed by atoms with van der Waals surface area (Å²) in [6.45, 7) is 2.26. The number of hydrogen-bond donors (Lipinski definition) is 2. The molecule has 0 bridgehead atoms. The predicted molar refractivity (Wildman–Crippen MR) is 93.8 cm³/mol. The van der Waals surface area contributed by atoms with Crippen molar-refractivity contribution in [3.63, 3.8) is 0 Å². The fourth-order valence-corrected chi connectivity index (χ4v) is 3.19. The van der Waals surface area contributed by atoms with Crippen molar-refractivity contribution in [2.75, 3.05) is 18.5 Å². The average molecular weight is 343 g/mol. The van der Waals surface area contributed by atoms with Gasteiger partial charge in [0.15, 0.2) is 6.61 Å². The first-order valence-electron chi connectivity index (χ1n) is 8.39. The Hall–Kier alpha value is -2.60. The fourth-order valence-electron chi connectivity index (χ4n) is 3.19. The molecule has 0 unspecified atom stereocenters. The van der Waals surface area contributed by atoms with E-state index < -0.39 is 18.7 Å². The topological polar surface area (TPSA) is 84.9 Å². The third kappa shape index (κ3) is 3.74.